The van der Waals surface area contributed by atoms with E-state index in [0.29, 0.717) is 11.1 Å². The Hall–Kier alpha value is -2.85. The molecule has 4 heteroatoms. The summed E-state index contributed by atoms with van der Waals surface area (Å²) in [7, 11) is 1.61. The van der Waals surface area contributed by atoms with Gasteiger partial charge >= 0.3 is 0 Å². The number of hydrogen-bond acceptors (Lipinski definition) is 4. The van der Waals surface area contributed by atoms with Crippen LogP contribution in [0.1, 0.15) is 27.1 Å². The summed E-state index contributed by atoms with van der Waals surface area (Å²) in [4.78, 5) is 26.7. The molecule has 0 radical (unpaired) electrons. The Morgan fingerprint density at radius 2 is 1.37 bits per heavy atom. The number of rotatable bonds is 8. The van der Waals surface area contributed by atoms with Gasteiger partial charge in [0.1, 0.15) is 5.75 Å². The lowest BCUT2D eigenvalue weighted by molar-refractivity contribution is 0.0924. The maximum Gasteiger partial charge on any atom is 0.176 e. The highest BCUT2D eigenvalue weighted by Gasteiger charge is 2.25. The standard InChI is InChI=1S/C23H20O3S/c1-26-19-12-14-20(15-13-19)27-22(23(25)18-10-6-3-7-11-18)16-21(24)17-8-4-2-5-9-17/h2-15,22H,16H2,1H3/t22-/m1/s1. The summed E-state index contributed by atoms with van der Waals surface area (Å²) < 4.78 is 5.18. The van der Waals surface area contributed by atoms with Crippen molar-refractivity contribution in [3.8, 4) is 5.75 Å². The first-order chi connectivity index (χ1) is 13.2. The monoisotopic (exact) mass is 376 g/mol. The summed E-state index contributed by atoms with van der Waals surface area (Å²) in [6.07, 6.45) is 0.147. The van der Waals surface area contributed by atoms with Crippen molar-refractivity contribution in [3.05, 3.63) is 96.1 Å². The maximum absolute atomic E-state index is 13.0. The van der Waals surface area contributed by atoms with Gasteiger partial charge in [-0.25, -0.2) is 0 Å². The third-order valence-electron chi connectivity index (χ3n) is 4.16. The van der Waals surface area contributed by atoms with Gasteiger partial charge in [-0.05, 0) is 24.3 Å². The fraction of sp³-hybridized carbons (Fsp3) is 0.130. The van der Waals surface area contributed by atoms with Crippen molar-refractivity contribution in [1.29, 1.82) is 0 Å². The zero-order valence-corrected chi connectivity index (χ0v) is 15.8. The van der Waals surface area contributed by atoms with Crippen LogP contribution in [0.25, 0.3) is 0 Å². The lowest BCUT2D eigenvalue weighted by Crippen LogP contribution is -2.21. The van der Waals surface area contributed by atoms with Crippen LogP contribution in [0.2, 0.25) is 0 Å². The number of ether oxygens (including phenoxy) is 1. The molecular formula is C23H20O3S. The number of benzene rings is 3. The van der Waals surface area contributed by atoms with Gasteiger partial charge in [-0.1, -0.05) is 60.7 Å². The van der Waals surface area contributed by atoms with E-state index in [9.17, 15) is 9.59 Å². The summed E-state index contributed by atoms with van der Waals surface area (Å²) in [5.41, 5.74) is 1.24. The van der Waals surface area contributed by atoms with Gasteiger partial charge in [0.25, 0.3) is 0 Å². The predicted molar refractivity (Wildman–Crippen MR) is 109 cm³/mol. The number of methoxy groups -OCH3 is 1. The lowest BCUT2D eigenvalue weighted by Gasteiger charge is -2.15. The third kappa shape index (κ3) is 5.08. The zero-order chi connectivity index (χ0) is 19.1. The molecule has 0 aromatic heterocycles. The van der Waals surface area contributed by atoms with Gasteiger partial charge in [0.2, 0.25) is 0 Å². The first kappa shape index (κ1) is 18.9. The Morgan fingerprint density at radius 1 is 0.815 bits per heavy atom. The summed E-state index contributed by atoms with van der Waals surface area (Å²) in [6, 6.07) is 25.7. The molecule has 0 aliphatic carbocycles. The van der Waals surface area contributed by atoms with Gasteiger partial charge in [-0.3, -0.25) is 9.59 Å². The number of carbonyl (C=O) groups excluding carboxylic acids is 2. The summed E-state index contributed by atoms with van der Waals surface area (Å²) >= 11 is 1.41. The Kier molecular flexibility index (Phi) is 6.44. The molecule has 0 heterocycles. The quantitative estimate of drug-likeness (QED) is 0.395. The number of hydrogen-bond donors (Lipinski definition) is 0. The molecule has 0 fully saturated rings. The normalized spacial score (nSPS) is 11.6. The molecule has 3 aromatic carbocycles. The van der Waals surface area contributed by atoms with Gasteiger partial charge in [-0.2, -0.15) is 0 Å². The topological polar surface area (TPSA) is 43.4 Å². The van der Waals surface area contributed by atoms with E-state index < -0.39 is 5.25 Å². The minimum absolute atomic E-state index is 0.0362. The lowest BCUT2D eigenvalue weighted by atomic mass is 10.0. The molecule has 1 atom stereocenters. The molecular weight excluding hydrogens is 356 g/mol. The molecule has 0 spiro atoms. The van der Waals surface area contributed by atoms with Crippen molar-refractivity contribution in [3.63, 3.8) is 0 Å². The van der Waals surface area contributed by atoms with Crippen LogP contribution in [0.5, 0.6) is 5.75 Å². The van der Waals surface area contributed by atoms with Crippen LogP contribution >= 0.6 is 11.8 Å². The van der Waals surface area contributed by atoms with Crippen molar-refractivity contribution in [1.82, 2.24) is 0 Å². The highest BCUT2D eigenvalue weighted by molar-refractivity contribution is 8.00. The maximum atomic E-state index is 13.0. The number of carbonyl (C=O) groups is 2. The van der Waals surface area contributed by atoms with Crippen LogP contribution in [0.15, 0.2) is 89.8 Å². The number of thioether (sulfide) groups is 1. The highest BCUT2D eigenvalue weighted by Crippen LogP contribution is 2.30. The molecule has 0 amide bonds. The van der Waals surface area contributed by atoms with E-state index >= 15 is 0 Å². The Morgan fingerprint density at radius 3 is 1.93 bits per heavy atom. The molecule has 0 aliphatic heterocycles. The third-order valence-corrected chi connectivity index (χ3v) is 5.36. The van der Waals surface area contributed by atoms with Crippen LogP contribution in [-0.2, 0) is 0 Å². The van der Waals surface area contributed by atoms with Crippen LogP contribution in [0.4, 0.5) is 0 Å². The average molecular weight is 376 g/mol. The molecule has 0 bridgehead atoms. The molecule has 0 saturated carbocycles. The van der Waals surface area contributed by atoms with Crippen LogP contribution in [0.3, 0.4) is 0 Å². The molecule has 3 nitrogen and oxygen atoms in total. The molecule has 0 unspecified atom stereocenters. The van der Waals surface area contributed by atoms with E-state index in [4.69, 9.17) is 4.74 Å². The Bertz CT molecular complexity index is 890. The molecule has 27 heavy (non-hydrogen) atoms. The SMILES string of the molecule is COc1ccc(S[C@H](CC(=O)c2ccccc2)C(=O)c2ccccc2)cc1. The van der Waals surface area contributed by atoms with Crippen molar-refractivity contribution >= 4 is 23.3 Å². The molecule has 3 aromatic rings. The first-order valence-electron chi connectivity index (χ1n) is 8.65. The second kappa shape index (κ2) is 9.19. The van der Waals surface area contributed by atoms with E-state index in [0.717, 1.165) is 10.6 Å². The summed E-state index contributed by atoms with van der Waals surface area (Å²) in [5, 5.41) is -0.492. The molecule has 136 valence electrons. The van der Waals surface area contributed by atoms with Crippen LogP contribution in [-0.4, -0.2) is 23.9 Å². The van der Waals surface area contributed by atoms with E-state index in [2.05, 4.69) is 0 Å². The second-order valence-corrected chi connectivity index (χ2v) is 7.28. The molecule has 0 N–H and O–H groups in total. The van der Waals surface area contributed by atoms with Gasteiger partial charge in [-0.15, -0.1) is 11.8 Å². The number of ketones is 2. The summed E-state index contributed by atoms with van der Waals surface area (Å²) in [5.74, 6) is 0.678. The van der Waals surface area contributed by atoms with Gasteiger partial charge in [0, 0.05) is 22.4 Å². The largest absolute Gasteiger partial charge is 0.497 e. The number of Topliss-reactive ketones (excluding diaryl/α,β-unsaturated/α-hetero) is 2. The Labute approximate surface area is 163 Å². The average Bonchev–Trinajstić information content (AvgIpc) is 2.74. The van der Waals surface area contributed by atoms with Crippen LogP contribution < -0.4 is 4.74 Å². The van der Waals surface area contributed by atoms with Gasteiger partial charge < -0.3 is 4.74 Å². The van der Waals surface area contributed by atoms with E-state index in [1.54, 1.807) is 31.4 Å². The molecule has 0 aliphatic rings. The smallest absolute Gasteiger partial charge is 0.176 e. The summed E-state index contributed by atoms with van der Waals surface area (Å²) in [6.45, 7) is 0. The first-order valence-corrected chi connectivity index (χ1v) is 9.53. The minimum atomic E-state index is -0.492. The molecule has 3 rings (SSSR count). The van der Waals surface area contributed by atoms with E-state index in [1.807, 2.05) is 60.7 Å². The van der Waals surface area contributed by atoms with Crippen molar-refractivity contribution < 1.29 is 14.3 Å². The van der Waals surface area contributed by atoms with Crippen molar-refractivity contribution in [2.24, 2.45) is 0 Å². The van der Waals surface area contributed by atoms with Crippen molar-refractivity contribution in [2.45, 2.75) is 16.6 Å². The fourth-order valence-electron chi connectivity index (χ4n) is 2.71. The fourth-order valence-corrected chi connectivity index (χ4v) is 3.80. The Balaban J connectivity index is 1.83. The van der Waals surface area contributed by atoms with Crippen LogP contribution in [0, 0.1) is 0 Å². The molecule has 0 saturated heterocycles. The van der Waals surface area contributed by atoms with Crippen molar-refractivity contribution in [2.75, 3.05) is 7.11 Å². The highest BCUT2D eigenvalue weighted by atomic mass is 32.2. The van der Waals surface area contributed by atoms with Gasteiger partial charge in [0.15, 0.2) is 11.6 Å². The van der Waals surface area contributed by atoms with E-state index in [1.165, 1.54) is 11.8 Å². The second-order valence-electron chi connectivity index (χ2n) is 6.01. The minimum Gasteiger partial charge on any atom is -0.497 e. The van der Waals surface area contributed by atoms with Gasteiger partial charge in [0.05, 0.1) is 12.4 Å². The zero-order valence-electron chi connectivity index (χ0n) is 15.0. The van der Waals surface area contributed by atoms with E-state index in [-0.39, 0.29) is 18.0 Å². The predicted octanol–water partition coefficient (Wildman–Crippen LogP) is 5.31.